The molecule has 0 saturated carbocycles. The first-order chi connectivity index (χ1) is 8.76. The number of carbonyl (C=O) groups is 1. The van der Waals surface area contributed by atoms with Gasteiger partial charge in [-0.15, -0.1) is 11.6 Å². The lowest BCUT2D eigenvalue weighted by molar-refractivity contribution is -0.114. The van der Waals surface area contributed by atoms with E-state index in [1.54, 1.807) is 0 Å². The summed E-state index contributed by atoms with van der Waals surface area (Å²) in [7, 11) is 0. The normalized spacial score (nSPS) is 9.78. The molecule has 0 unspecified atom stereocenters. The molecule has 0 bridgehead atoms. The predicted molar refractivity (Wildman–Crippen MR) is 67.6 cm³/mol. The first-order valence-electron chi connectivity index (χ1n) is 5.15. The molecule has 2 rings (SSSR count). The number of hydrogen-bond donors (Lipinski definition) is 1. The number of nitriles is 1. The molecule has 0 spiro atoms. The lowest BCUT2D eigenvalue weighted by atomic mass is 10.3. The van der Waals surface area contributed by atoms with Gasteiger partial charge in [-0.3, -0.25) is 4.79 Å². The van der Waals surface area contributed by atoms with Crippen LogP contribution in [0.3, 0.4) is 0 Å². The summed E-state index contributed by atoms with van der Waals surface area (Å²) >= 11 is 5.44. The van der Waals surface area contributed by atoms with E-state index in [-0.39, 0.29) is 17.4 Å². The van der Waals surface area contributed by atoms with Crippen LogP contribution in [0.4, 0.5) is 5.82 Å². The van der Waals surface area contributed by atoms with Crippen molar-refractivity contribution in [2.24, 2.45) is 0 Å². The number of nitrogens with zero attached hydrogens (tertiary/aromatic N) is 3. The van der Waals surface area contributed by atoms with Crippen molar-refractivity contribution in [3.05, 3.63) is 42.1 Å². The van der Waals surface area contributed by atoms with Gasteiger partial charge >= 0.3 is 0 Å². The first-order valence-corrected chi connectivity index (χ1v) is 5.69. The molecular formula is C12H9ClN4O. The van der Waals surface area contributed by atoms with Crippen molar-refractivity contribution in [2.45, 2.75) is 0 Å². The fourth-order valence-corrected chi connectivity index (χ4v) is 1.55. The molecule has 1 heterocycles. The van der Waals surface area contributed by atoms with E-state index in [2.05, 4.69) is 10.4 Å². The van der Waals surface area contributed by atoms with Gasteiger partial charge in [-0.2, -0.15) is 10.4 Å². The highest BCUT2D eigenvalue weighted by atomic mass is 35.5. The lowest BCUT2D eigenvalue weighted by Gasteiger charge is -2.08. The monoisotopic (exact) mass is 260 g/mol. The Bertz CT molecular complexity index is 600. The molecule has 2 aromatic rings. The van der Waals surface area contributed by atoms with Gasteiger partial charge in [-0.05, 0) is 12.1 Å². The molecule has 0 aliphatic carbocycles. The summed E-state index contributed by atoms with van der Waals surface area (Å²) in [6.45, 7) is 0. The Morgan fingerprint density at radius 1 is 1.44 bits per heavy atom. The van der Waals surface area contributed by atoms with Crippen molar-refractivity contribution >= 4 is 23.3 Å². The highest BCUT2D eigenvalue weighted by Gasteiger charge is 2.14. The zero-order chi connectivity index (χ0) is 13.0. The van der Waals surface area contributed by atoms with Crippen molar-refractivity contribution in [2.75, 3.05) is 11.2 Å². The van der Waals surface area contributed by atoms with E-state index in [4.69, 9.17) is 16.9 Å². The maximum atomic E-state index is 11.3. The number of anilines is 1. The average Bonchev–Trinajstić information content (AvgIpc) is 2.82. The number of nitrogens with one attached hydrogen (secondary N) is 1. The van der Waals surface area contributed by atoms with Crippen LogP contribution in [0.5, 0.6) is 0 Å². The van der Waals surface area contributed by atoms with Gasteiger partial charge in [-0.25, -0.2) is 4.68 Å². The second-order valence-electron chi connectivity index (χ2n) is 3.45. The van der Waals surface area contributed by atoms with Gasteiger partial charge in [0, 0.05) is 0 Å². The Labute approximate surface area is 109 Å². The van der Waals surface area contributed by atoms with Gasteiger partial charge < -0.3 is 5.32 Å². The number of carbonyl (C=O) groups excluding carboxylic acids is 1. The Morgan fingerprint density at radius 2 is 2.17 bits per heavy atom. The third-order valence-electron chi connectivity index (χ3n) is 2.27. The lowest BCUT2D eigenvalue weighted by Crippen LogP contribution is -2.16. The van der Waals surface area contributed by atoms with E-state index in [9.17, 15) is 4.79 Å². The van der Waals surface area contributed by atoms with Crippen LogP contribution < -0.4 is 5.32 Å². The van der Waals surface area contributed by atoms with Crippen molar-refractivity contribution in [3.8, 4) is 11.8 Å². The van der Waals surface area contributed by atoms with Gasteiger partial charge in [0.15, 0.2) is 5.82 Å². The maximum Gasteiger partial charge on any atom is 0.240 e. The molecule has 18 heavy (non-hydrogen) atoms. The molecule has 0 fully saturated rings. The number of rotatable bonds is 3. The summed E-state index contributed by atoms with van der Waals surface area (Å²) in [5, 5.41) is 15.6. The summed E-state index contributed by atoms with van der Waals surface area (Å²) < 4.78 is 1.49. The van der Waals surface area contributed by atoms with Crippen LogP contribution in [-0.2, 0) is 4.79 Å². The quantitative estimate of drug-likeness (QED) is 0.857. The van der Waals surface area contributed by atoms with Crippen molar-refractivity contribution in [3.63, 3.8) is 0 Å². The molecule has 0 aliphatic heterocycles. The second kappa shape index (κ2) is 5.34. The van der Waals surface area contributed by atoms with E-state index in [0.29, 0.717) is 5.82 Å². The summed E-state index contributed by atoms with van der Waals surface area (Å²) in [4.78, 5) is 11.3. The van der Waals surface area contributed by atoms with Crippen LogP contribution in [0.15, 0.2) is 36.5 Å². The molecule has 6 heteroatoms. The highest BCUT2D eigenvalue weighted by Crippen LogP contribution is 2.19. The first kappa shape index (κ1) is 12.1. The van der Waals surface area contributed by atoms with E-state index in [0.717, 1.165) is 5.69 Å². The summed E-state index contributed by atoms with van der Waals surface area (Å²) in [6.07, 6.45) is 1.40. The number of benzene rings is 1. The van der Waals surface area contributed by atoms with Gasteiger partial charge in [0.05, 0.1) is 11.9 Å². The van der Waals surface area contributed by atoms with E-state index in [1.165, 1.54) is 10.9 Å². The van der Waals surface area contributed by atoms with Gasteiger partial charge in [-0.1, -0.05) is 18.2 Å². The zero-order valence-electron chi connectivity index (χ0n) is 9.30. The largest absolute Gasteiger partial charge is 0.308 e. The predicted octanol–water partition coefficient (Wildman–Crippen LogP) is 1.92. The third-order valence-corrected chi connectivity index (χ3v) is 2.51. The van der Waals surface area contributed by atoms with E-state index < -0.39 is 0 Å². The molecular weight excluding hydrogens is 252 g/mol. The minimum absolute atomic E-state index is 0.176. The minimum Gasteiger partial charge on any atom is -0.308 e. The number of para-hydroxylation sites is 1. The van der Waals surface area contributed by atoms with Gasteiger partial charge in [0.2, 0.25) is 5.91 Å². The number of hydrogen-bond acceptors (Lipinski definition) is 3. The van der Waals surface area contributed by atoms with Crippen LogP contribution in [0.2, 0.25) is 0 Å². The van der Waals surface area contributed by atoms with Crippen LogP contribution in [0.25, 0.3) is 5.69 Å². The van der Waals surface area contributed by atoms with Gasteiger partial charge in [0.25, 0.3) is 0 Å². The van der Waals surface area contributed by atoms with Crippen LogP contribution in [0.1, 0.15) is 5.56 Å². The van der Waals surface area contributed by atoms with Crippen LogP contribution in [0, 0.1) is 11.3 Å². The maximum absolute atomic E-state index is 11.3. The Balaban J connectivity index is 2.46. The SMILES string of the molecule is N#Cc1cnn(-c2ccccc2)c1NC(=O)CCl. The average molecular weight is 261 g/mol. The smallest absolute Gasteiger partial charge is 0.240 e. The minimum atomic E-state index is -0.383. The summed E-state index contributed by atoms with van der Waals surface area (Å²) in [5.74, 6) is -0.231. The van der Waals surface area contributed by atoms with Crippen LogP contribution >= 0.6 is 11.6 Å². The number of halogens is 1. The molecule has 1 N–H and O–H groups in total. The molecule has 0 atom stereocenters. The molecule has 1 aromatic heterocycles. The second-order valence-corrected chi connectivity index (χ2v) is 3.72. The van der Waals surface area contributed by atoms with Gasteiger partial charge in [0.1, 0.15) is 17.5 Å². The van der Waals surface area contributed by atoms with Crippen molar-refractivity contribution < 1.29 is 4.79 Å². The molecule has 0 aliphatic rings. The van der Waals surface area contributed by atoms with E-state index >= 15 is 0 Å². The Kier molecular flexibility index (Phi) is 3.60. The molecule has 5 nitrogen and oxygen atoms in total. The fourth-order valence-electron chi connectivity index (χ4n) is 1.48. The third kappa shape index (κ3) is 2.34. The molecule has 0 radical (unpaired) electrons. The van der Waals surface area contributed by atoms with Crippen molar-refractivity contribution in [1.29, 1.82) is 5.26 Å². The molecule has 0 saturated heterocycles. The summed E-state index contributed by atoms with van der Waals surface area (Å²) in [6, 6.07) is 11.2. The van der Waals surface area contributed by atoms with Crippen LogP contribution in [-0.4, -0.2) is 21.6 Å². The number of amides is 1. The standard InChI is InChI=1S/C12H9ClN4O/c13-6-11(18)16-12-9(7-14)8-15-17(12)10-4-2-1-3-5-10/h1-5,8H,6H2,(H,16,18). The zero-order valence-corrected chi connectivity index (χ0v) is 10.1. The summed E-state index contributed by atoms with van der Waals surface area (Å²) in [5.41, 5.74) is 1.04. The topological polar surface area (TPSA) is 70.7 Å². The number of alkyl halides is 1. The fraction of sp³-hybridized carbons (Fsp3) is 0.0833. The molecule has 1 aromatic carbocycles. The Morgan fingerprint density at radius 3 is 2.78 bits per heavy atom. The van der Waals surface area contributed by atoms with Crippen molar-refractivity contribution in [1.82, 2.24) is 9.78 Å². The molecule has 90 valence electrons. The Hall–Kier alpha value is -2.32. The van der Waals surface area contributed by atoms with E-state index in [1.807, 2.05) is 36.4 Å². The molecule has 1 amide bonds. The number of aromatic nitrogens is 2. The highest BCUT2D eigenvalue weighted by molar-refractivity contribution is 6.29.